The number of carbonyl (C=O) groups is 1. The number of carbonyl (C=O) groups excluding carboxylic acids is 1. The predicted octanol–water partition coefficient (Wildman–Crippen LogP) is 2.25. The Morgan fingerprint density at radius 3 is 2.83 bits per heavy atom. The molecule has 0 aliphatic rings. The summed E-state index contributed by atoms with van der Waals surface area (Å²) in [5.74, 6) is -0.351. The lowest BCUT2D eigenvalue weighted by molar-refractivity contribution is 0.100. The molecule has 0 radical (unpaired) electrons. The maximum absolute atomic E-state index is 10.8. The van der Waals surface area contributed by atoms with Gasteiger partial charge in [-0.3, -0.25) is 4.79 Å². The van der Waals surface area contributed by atoms with Crippen molar-refractivity contribution in [1.29, 1.82) is 0 Å². The third kappa shape index (κ3) is 1.08. The lowest BCUT2D eigenvalue weighted by Crippen LogP contribution is -2.07. The first-order valence-electron chi connectivity index (χ1n) is 3.56. The average molecular weight is 179 g/mol. The van der Waals surface area contributed by atoms with Crippen LogP contribution in [-0.2, 0) is 0 Å². The van der Waals surface area contributed by atoms with E-state index in [1.54, 1.807) is 0 Å². The van der Waals surface area contributed by atoms with Crippen LogP contribution in [-0.4, -0.2) is 5.91 Å². The molecule has 62 valence electrons. The highest BCUT2D eigenvalue weighted by Gasteiger charge is 2.04. The first-order chi connectivity index (χ1) is 5.77. The van der Waals surface area contributed by atoms with Gasteiger partial charge in [-0.05, 0) is 17.5 Å². The number of benzene rings is 1. The van der Waals surface area contributed by atoms with Crippen LogP contribution in [0.2, 0.25) is 0 Å². The number of amides is 1. The summed E-state index contributed by atoms with van der Waals surface area (Å²) in [6.45, 7) is 0. The van der Waals surface area contributed by atoms with Gasteiger partial charge in [-0.1, -0.05) is 18.2 Å². The van der Waals surface area contributed by atoms with Crippen LogP contribution in [0, 0.1) is 0 Å². The molecule has 1 amide bonds. The van der Waals surface area contributed by atoms with Gasteiger partial charge in [0.15, 0.2) is 0 Å². The van der Waals surface area contributed by atoms with E-state index in [-0.39, 0.29) is 7.33 Å². The molecule has 1 aromatic carbocycles. The fourth-order valence-corrected chi connectivity index (χ4v) is 2.02. The molecule has 0 unspecified atom stereocenters. The molecule has 1 heterocycles. The minimum Gasteiger partial charge on any atom is -0.365 e. The van der Waals surface area contributed by atoms with Crippen LogP contribution >= 0.6 is 11.3 Å². The summed E-state index contributed by atoms with van der Waals surface area (Å²) < 4.78 is 1.10. The largest absolute Gasteiger partial charge is 0.365 e. The molecule has 1 aromatic heterocycles. The van der Waals surface area contributed by atoms with Crippen molar-refractivity contribution in [3.63, 3.8) is 0 Å². The van der Waals surface area contributed by atoms with Crippen molar-refractivity contribution in [2.75, 3.05) is 0 Å². The van der Waals surface area contributed by atoms with Gasteiger partial charge in [0, 0.05) is 6.13 Å². The Morgan fingerprint density at radius 1 is 1.42 bits per heavy atom. The highest BCUT2D eigenvalue weighted by molar-refractivity contribution is 7.20. The SMILES string of the molecule is NC(=O)c1cc2ccccc2s1.[HH]. The van der Waals surface area contributed by atoms with Crippen LogP contribution in [0.15, 0.2) is 30.3 Å². The topological polar surface area (TPSA) is 43.1 Å². The van der Waals surface area contributed by atoms with Crippen LogP contribution in [0.25, 0.3) is 10.1 Å². The molecule has 2 rings (SSSR count). The molecule has 2 nitrogen and oxygen atoms in total. The summed E-state index contributed by atoms with van der Waals surface area (Å²) in [5, 5.41) is 1.08. The van der Waals surface area contributed by atoms with Crippen molar-refractivity contribution in [3.05, 3.63) is 35.2 Å². The van der Waals surface area contributed by atoms with E-state index >= 15 is 0 Å². The van der Waals surface area contributed by atoms with Gasteiger partial charge in [-0.15, -0.1) is 11.3 Å². The standard InChI is InChI=1S/C9H7NOS.H2/c10-9(11)8-5-6-3-1-2-4-7(6)12-8;/h1-5H,(H2,10,11);1H. The lowest BCUT2D eigenvalue weighted by Gasteiger charge is -1.82. The maximum atomic E-state index is 10.8. The molecule has 0 aliphatic carbocycles. The van der Waals surface area contributed by atoms with Crippen molar-refractivity contribution >= 4 is 27.3 Å². The van der Waals surface area contributed by atoms with E-state index in [4.69, 9.17) is 5.73 Å². The Labute approximate surface area is 75.1 Å². The van der Waals surface area contributed by atoms with Crippen LogP contribution < -0.4 is 5.73 Å². The molecule has 12 heavy (non-hydrogen) atoms. The predicted molar refractivity (Wildman–Crippen MR) is 52.5 cm³/mol. The van der Waals surface area contributed by atoms with Gasteiger partial charge in [0.05, 0.1) is 4.88 Å². The monoisotopic (exact) mass is 179 g/mol. The highest BCUT2D eigenvalue weighted by Crippen LogP contribution is 2.24. The summed E-state index contributed by atoms with van der Waals surface area (Å²) >= 11 is 1.43. The number of nitrogens with two attached hydrogens (primary N) is 1. The van der Waals surface area contributed by atoms with Gasteiger partial charge in [0.2, 0.25) is 0 Å². The Hall–Kier alpha value is -1.35. The number of thiophene rings is 1. The Bertz CT molecular complexity index is 405. The molecule has 0 saturated carbocycles. The van der Waals surface area contributed by atoms with E-state index in [9.17, 15) is 4.79 Å². The van der Waals surface area contributed by atoms with Crippen molar-refractivity contribution in [2.24, 2.45) is 5.73 Å². The summed E-state index contributed by atoms with van der Waals surface area (Å²) in [6.07, 6.45) is 0. The maximum Gasteiger partial charge on any atom is 0.258 e. The average Bonchev–Trinajstić information content (AvgIpc) is 2.46. The zero-order valence-electron chi connectivity index (χ0n) is 6.28. The Morgan fingerprint density at radius 2 is 2.17 bits per heavy atom. The molecule has 2 aromatic rings. The van der Waals surface area contributed by atoms with Crippen molar-refractivity contribution < 1.29 is 6.22 Å². The highest BCUT2D eigenvalue weighted by atomic mass is 32.1. The number of hydrogen-bond acceptors (Lipinski definition) is 2. The molecule has 0 aliphatic heterocycles. The number of primary amides is 1. The number of rotatable bonds is 1. The fraction of sp³-hybridized carbons (Fsp3) is 0. The molecule has 0 saturated heterocycles. The molecule has 2 N–H and O–H groups in total. The second-order valence-electron chi connectivity index (χ2n) is 2.51. The van der Waals surface area contributed by atoms with Gasteiger partial charge in [0.1, 0.15) is 0 Å². The van der Waals surface area contributed by atoms with Crippen molar-refractivity contribution in [3.8, 4) is 0 Å². The van der Waals surface area contributed by atoms with Gasteiger partial charge in [-0.25, -0.2) is 0 Å². The number of fused-ring (bicyclic) bond motifs is 1. The second-order valence-corrected chi connectivity index (χ2v) is 3.60. The molecular formula is C9H9NOS. The number of hydrogen-bond donors (Lipinski definition) is 1. The zero-order valence-corrected chi connectivity index (χ0v) is 7.10. The van der Waals surface area contributed by atoms with E-state index in [1.165, 1.54) is 11.3 Å². The molecule has 0 fully saturated rings. The third-order valence-corrected chi connectivity index (χ3v) is 2.80. The van der Waals surface area contributed by atoms with Gasteiger partial charge >= 0.3 is 0 Å². The van der Waals surface area contributed by atoms with Gasteiger partial charge < -0.3 is 5.73 Å². The van der Waals surface area contributed by atoms with Crippen LogP contribution in [0.1, 0.15) is 11.1 Å². The molecule has 3 heteroatoms. The minimum absolute atomic E-state index is 0. The normalized spacial score (nSPS) is 10.3. The first kappa shape index (κ1) is 7.31. The first-order valence-corrected chi connectivity index (χ1v) is 4.37. The zero-order chi connectivity index (χ0) is 8.55. The van der Waals surface area contributed by atoms with Crippen LogP contribution in [0.4, 0.5) is 0 Å². The van der Waals surface area contributed by atoms with E-state index in [0.29, 0.717) is 4.88 Å². The fourth-order valence-electron chi connectivity index (χ4n) is 1.10. The van der Waals surface area contributed by atoms with Crippen LogP contribution in [0.5, 0.6) is 0 Å². The summed E-state index contributed by atoms with van der Waals surface area (Å²) in [5.41, 5.74) is 5.15. The van der Waals surface area contributed by atoms with E-state index in [1.807, 2.05) is 30.3 Å². The van der Waals surface area contributed by atoms with E-state index in [0.717, 1.165) is 10.1 Å². The van der Waals surface area contributed by atoms with E-state index in [2.05, 4.69) is 0 Å². The third-order valence-electron chi connectivity index (χ3n) is 1.67. The quantitative estimate of drug-likeness (QED) is 0.716. The molecular weight excluding hydrogens is 170 g/mol. The van der Waals surface area contributed by atoms with Crippen molar-refractivity contribution in [1.82, 2.24) is 0 Å². The smallest absolute Gasteiger partial charge is 0.258 e. The molecule has 0 spiro atoms. The summed E-state index contributed by atoms with van der Waals surface area (Å²) in [7, 11) is 0. The van der Waals surface area contributed by atoms with Gasteiger partial charge in [-0.2, -0.15) is 0 Å². The van der Waals surface area contributed by atoms with E-state index < -0.39 is 0 Å². The minimum atomic E-state index is -0.351. The van der Waals surface area contributed by atoms with Gasteiger partial charge in [0.25, 0.3) is 5.91 Å². The molecule has 0 atom stereocenters. The molecule has 0 bridgehead atoms. The summed E-state index contributed by atoms with van der Waals surface area (Å²) in [4.78, 5) is 11.4. The van der Waals surface area contributed by atoms with Crippen molar-refractivity contribution in [2.45, 2.75) is 0 Å². The Kier molecular flexibility index (Phi) is 1.59. The Balaban J connectivity index is 0.000000845. The lowest BCUT2D eigenvalue weighted by atomic mass is 10.2. The van der Waals surface area contributed by atoms with Crippen LogP contribution in [0.3, 0.4) is 0 Å². The summed E-state index contributed by atoms with van der Waals surface area (Å²) in [6, 6.07) is 9.66. The second kappa shape index (κ2) is 2.60.